The fourth-order valence-corrected chi connectivity index (χ4v) is 3.79. The average Bonchev–Trinajstić information content (AvgIpc) is 3.57. The van der Waals surface area contributed by atoms with E-state index < -0.39 is 29.6 Å². The van der Waals surface area contributed by atoms with Gasteiger partial charge in [0.15, 0.2) is 17.5 Å². The van der Waals surface area contributed by atoms with Gasteiger partial charge in [0.05, 0.1) is 5.69 Å². The van der Waals surface area contributed by atoms with Crippen LogP contribution < -0.4 is 20.1 Å². The van der Waals surface area contributed by atoms with Gasteiger partial charge >= 0.3 is 6.09 Å². The van der Waals surface area contributed by atoms with E-state index in [9.17, 15) is 14.4 Å². The maximum Gasteiger partial charge on any atom is 0.411 e. The van der Waals surface area contributed by atoms with Crippen molar-refractivity contribution in [3.05, 3.63) is 59.9 Å². The van der Waals surface area contributed by atoms with Crippen molar-refractivity contribution in [2.24, 2.45) is 0 Å². The van der Waals surface area contributed by atoms with E-state index in [0.29, 0.717) is 28.7 Å². The number of nitrogens with one attached hydrogen (secondary N) is 2. The molecule has 0 radical (unpaired) electrons. The van der Waals surface area contributed by atoms with Crippen molar-refractivity contribution in [1.29, 1.82) is 0 Å². The normalized spacial score (nSPS) is 12.9. The van der Waals surface area contributed by atoms with Gasteiger partial charge in [0, 0.05) is 31.7 Å². The average molecular weight is 538 g/mol. The molecule has 13 nitrogen and oxygen atoms in total. The minimum absolute atomic E-state index is 0.0566. The highest BCUT2D eigenvalue weighted by Crippen LogP contribution is 2.33. The molecular formula is C26H31N7O6. The Morgan fingerprint density at radius 3 is 2.62 bits per heavy atom. The van der Waals surface area contributed by atoms with Gasteiger partial charge in [0.1, 0.15) is 18.5 Å². The predicted octanol–water partition coefficient (Wildman–Crippen LogP) is 2.04. The Kier molecular flexibility index (Phi) is 7.98. The van der Waals surface area contributed by atoms with E-state index >= 15 is 0 Å². The second kappa shape index (κ2) is 11.4. The van der Waals surface area contributed by atoms with Crippen molar-refractivity contribution in [2.75, 3.05) is 20.4 Å². The fraction of sp³-hybridized carbons (Fsp3) is 0.385. The number of rotatable bonds is 8. The molecule has 3 aromatic rings. The number of nitrogens with zero attached hydrogens (tertiary/aromatic N) is 5. The zero-order chi connectivity index (χ0) is 28.2. The lowest BCUT2D eigenvalue weighted by molar-refractivity contribution is -0.129. The maximum atomic E-state index is 13.3. The third kappa shape index (κ3) is 7.00. The standard InChI is InChI=1S/C26H31N7O6/c1-16-10-18(30-24(29-16)32-9-8-28-14-32)22(23(35)27-5)31-21(34)13-33(25(36)39-26(2,3)4)12-17-6-7-19-20(11-17)38-15-37-19/h6-11,14,22H,12-13,15H2,1-5H3,(H,27,35)(H,31,34). The second-order valence-electron chi connectivity index (χ2n) is 9.84. The lowest BCUT2D eigenvalue weighted by Gasteiger charge is -2.28. The first-order valence-corrected chi connectivity index (χ1v) is 12.2. The molecule has 1 aromatic carbocycles. The van der Waals surface area contributed by atoms with E-state index in [4.69, 9.17) is 14.2 Å². The summed E-state index contributed by atoms with van der Waals surface area (Å²) in [6, 6.07) is 5.72. The van der Waals surface area contributed by atoms with Crippen LogP contribution in [0.3, 0.4) is 0 Å². The molecule has 39 heavy (non-hydrogen) atoms. The van der Waals surface area contributed by atoms with Crippen LogP contribution in [0, 0.1) is 6.92 Å². The van der Waals surface area contributed by atoms with Crippen LogP contribution in [0.1, 0.15) is 43.8 Å². The van der Waals surface area contributed by atoms with Crippen LogP contribution in [0.15, 0.2) is 43.0 Å². The number of aromatic nitrogens is 4. The van der Waals surface area contributed by atoms with E-state index in [1.165, 1.54) is 18.3 Å². The Labute approximate surface area is 225 Å². The molecular weight excluding hydrogens is 506 g/mol. The molecule has 13 heteroatoms. The molecule has 1 unspecified atom stereocenters. The number of imidazole rings is 1. The topological polar surface area (TPSA) is 150 Å². The van der Waals surface area contributed by atoms with Crippen LogP contribution >= 0.6 is 0 Å². The van der Waals surface area contributed by atoms with Crippen LogP contribution in [-0.4, -0.2) is 68.3 Å². The Hall–Kier alpha value is -4.68. The summed E-state index contributed by atoms with van der Waals surface area (Å²) in [6.45, 7) is 6.76. The van der Waals surface area contributed by atoms with Crippen molar-refractivity contribution in [3.8, 4) is 17.4 Å². The highest BCUT2D eigenvalue weighted by Gasteiger charge is 2.29. The van der Waals surface area contributed by atoms with Gasteiger partial charge in [0.2, 0.25) is 24.6 Å². The van der Waals surface area contributed by atoms with Crippen LogP contribution in [-0.2, 0) is 20.9 Å². The molecule has 3 amide bonds. The first kappa shape index (κ1) is 27.4. The molecule has 206 valence electrons. The van der Waals surface area contributed by atoms with Crippen molar-refractivity contribution in [3.63, 3.8) is 0 Å². The molecule has 2 aromatic heterocycles. The van der Waals surface area contributed by atoms with Gasteiger partial charge in [-0.15, -0.1) is 0 Å². The summed E-state index contributed by atoms with van der Waals surface area (Å²) >= 11 is 0. The number of hydrogen-bond acceptors (Lipinski definition) is 9. The van der Waals surface area contributed by atoms with Gasteiger partial charge in [-0.25, -0.2) is 19.7 Å². The van der Waals surface area contributed by atoms with Crippen LogP contribution in [0.2, 0.25) is 0 Å². The molecule has 4 rings (SSSR count). The van der Waals surface area contributed by atoms with Gasteiger partial charge in [-0.1, -0.05) is 6.07 Å². The predicted molar refractivity (Wildman–Crippen MR) is 138 cm³/mol. The third-order valence-electron chi connectivity index (χ3n) is 5.50. The maximum absolute atomic E-state index is 13.3. The van der Waals surface area contributed by atoms with Crippen molar-refractivity contribution in [2.45, 2.75) is 45.9 Å². The highest BCUT2D eigenvalue weighted by atomic mass is 16.7. The van der Waals surface area contributed by atoms with Crippen LogP contribution in [0.4, 0.5) is 4.79 Å². The number of aryl methyl sites for hydroxylation is 1. The third-order valence-corrected chi connectivity index (χ3v) is 5.50. The number of likely N-dealkylation sites (N-methyl/N-ethyl adjacent to an activating group) is 1. The van der Waals surface area contributed by atoms with Gasteiger partial charge in [-0.05, 0) is 51.5 Å². The molecule has 1 atom stereocenters. The molecule has 0 saturated heterocycles. The minimum atomic E-state index is -1.14. The number of carbonyl (C=O) groups excluding carboxylic acids is 3. The van der Waals surface area contributed by atoms with Crippen LogP contribution in [0.5, 0.6) is 11.5 Å². The molecule has 2 N–H and O–H groups in total. The lowest BCUT2D eigenvalue weighted by atomic mass is 10.1. The zero-order valence-electron chi connectivity index (χ0n) is 22.4. The van der Waals surface area contributed by atoms with Gasteiger partial charge in [-0.2, -0.15) is 0 Å². The summed E-state index contributed by atoms with van der Waals surface area (Å²) in [5.74, 6) is 0.370. The van der Waals surface area contributed by atoms with Crippen LogP contribution in [0.25, 0.3) is 5.95 Å². The molecule has 0 saturated carbocycles. The monoisotopic (exact) mass is 537 g/mol. The number of carbonyl (C=O) groups is 3. The molecule has 1 aliphatic heterocycles. The second-order valence-corrected chi connectivity index (χ2v) is 9.84. The number of benzene rings is 1. The van der Waals surface area contributed by atoms with Crippen molar-refractivity contribution < 1.29 is 28.6 Å². The Balaban J connectivity index is 1.56. The molecule has 0 aliphatic carbocycles. The molecule has 0 bridgehead atoms. The zero-order valence-corrected chi connectivity index (χ0v) is 22.4. The first-order valence-electron chi connectivity index (χ1n) is 12.2. The van der Waals surface area contributed by atoms with E-state index in [2.05, 4.69) is 25.6 Å². The van der Waals surface area contributed by atoms with E-state index in [1.54, 1.807) is 68.9 Å². The first-order chi connectivity index (χ1) is 18.5. The smallest absolute Gasteiger partial charge is 0.411 e. The minimum Gasteiger partial charge on any atom is -0.454 e. The Morgan fingerprint density at radius 2 is 1.92 bits per heavy atom. The quantitative estimate of drug-likeness (QED) is 0.440. The van der Waals surface area contributed by atoms with Crippen molar-refractivity contribution in [1.82, 2.24) is 35.1 Å². The van der Waals surface area contributed by atoms with E-state index in [1.807, 2.05) is 0 Å². The Bertz CT molecular complexity index is 1350. The van der Waals surface area contributed by atoms with E-state index in [-0.39, 0.29) is 25.6 Å². The summed E-state index contributed by atoms with van der Waals surface area (Å²) in [6.07, 6.45) is 4.09. The SMILES string of the molecule is CNC(=O)C(NC(=O)CN(Cc1ccc2c(c1)OCO2)C(=O)OC(C)(C)C)c1cc(C)nc(-n2ccnc2)n1. The molecule has 1 aliphatic rings. The molecule has 0 spiro atoms. The number of amides is 3. The summed E-state index contributed by atoms with van der Waals surface area (Å²) in [5.41, 5.74) is 0.786. The summed E-state index contributed by atoms with van der Waals surface area (Å²) < 4.78 is 17.9. The summed E-state index contributed by atoms with van der Waals surface area (Å²) in [7, 11) is 1.46. The number of fused-ring (bicyclic) bond motifs is 1. The Morgan fingerprint density at radius 1 is 1.15 bits per heavy atom. The fourth-order valence-electron chi connectivity index (χ4n) is 3.79. The van der Waals surface area contributed by atoms with Gasteiger partial charge in [-0.3, -0.25) is 19.1 Å². The summed E-state index contributed by atoms with van der Waals surface area (Å²) in [4.78, 5) is 53.2. The number of ether oxygens (including phenoxy) is 3. The highest BCUT2D eigenvalue weighted by molar-refractivity contribution is 5.90. The lowest BCUT2D eigenvalue weighted by Crippen LogP contribution is -2.46. The largest absolute Gasteiger partial charge is 0.454 e. The van der Waals surface area contributed by atoms with Crippen molar-refractivity contribution >= 4 is 17.9 Å². The summed E-state index contributed by atoms with van der Waals surface area (Å²) in [5, 5.41) is 5.25. The van der Waals surface area contributed by atoms with E-state index in [0.717, 1.165) is 0 Å². The molecule has 0 fully saturated rings. The van der Waals surface area contributed by atoms with Gasteiger partial charge < -0.3 is 24.8 Å². The van der Waals surface area contributed by atoms with Gasteiger partial charge in [0.25, 0.3) is 0 Å². The molecule has 3 heterocycles. The number of hydrogen-bond donors (Lipinski definition) is 2.